The van der Waals surface area contributed by atoms with Gasteiger partial charge in [-0.2, -0.15) is 0 Å². The number of hydrogen-bond acceptors (Lipinski definition) is 2. The predicted molar refractivity (Wildman–Crippen MR) is 64.7 cm³/mol. The van der Waals surface area contributed by atoms with Gasteiger partial charge in [-0.3, -0.25) is 0 Å². The van der Waals surface area contributed by atoms with Crippen LogP contribution >= 0.6 is 10.7 Å². The third-order valence-electron chi connectivity index (χ3n) is 3.20. The van der Waals surface area contributed by atoms with E-state index in [2.05, 4.69) is 0 Å². The lowest BCUT2D eigenvalue weighted by molar-refractivity contribution is 0.545. The maximum absolute atomic E-state index is 11.3. The molecule has 1 aliphatic rings. The molecule has 0 radical (unpaired) electrons. The van der Waals surface area contributed by atoms with Gasteiger partial charge in [-0.25, -0.2) is 8.42 Å². The lowest BCUT2D eigenvalue weighted by atomic mass is 10.1. The molecule has 0 N–H and O–H groups in total. The normalized spacial score (nSPS) is 23.3. The van der Waals surface area contributed by atoms with Gasteiger partial charge < -0.3 is 0 Å². The lowest BCUT2D eigenvalue weighted by Gasteiger charge is -2.12. The van der Waals surface area contributed by atoms with Gasteiger partial charge in [0.1, 0.15) is 0 Å². The Balaban J connectivity index is 2.46. The fourth-order valence-corrected chi connectivity index (χ4v) is 3.66. The smallest absolute Gasteiger partial charge is 0.212 e. The minimum Gasteiger partial charge on any atom is -0.212 e. The largest absolute Gasteiger partial charge is 0.235 e. The highest BCUT2D eigenvalue weighted by molar-refractivity contribution is 8.14. The van der Waals surface area contributed by atoms with E-state index in [1.807, 2.05) is 0 Å². The summed E-state index contributed by atoms with van der Waals surface area (Å²) >= 11 is 0. The molecule has 0 amide bonds. The number of halogens is 1. The Bertz CT molecular complexity index is 250. The molecular formula is C11H21ClO2S. The minimum absolute atomic E-state index is 0.294. The van der Waals surface area contributed by atoms with Gasteiger partial charge in [-0.05, 0) is 12.8 Å². The summed E-state index contributed by atoms with van der Waals surface area (Å²) in [4.78, 5) is 0. The van der Waals surface area contributed by atoms with Crippen LogP contribution in [0.15, 0.2) is 0 Å². The van der Waals surface area contributed by atoms with Crippen LogP contribution in [0.4, 0.5) is 0 Å². The van der Waals surface area contributed by atoms with Crippen LogP contribution in [0.25, 0.3) is 0 Å². The summed E-state index contributed by atoms with van der Waals surface area (Å²) in [6, 6.07) is 0. The summed E-state index contributed by atoms with van der Waals surface area (Å²) in [7, 11) is 2.11. The van der Waals surface area contributed by atoms with E-state index >= 15 is 0 Å². The first-order chi connectivity index (χ1) is 7.11. The van der Waals surface area contributed by atoms with Crippen LogP contribution in [0, 0.1) is 0 Å². The molecule has 0 aromatic heterocycles. The van der Waals surface area contributed by atoms with Crippen molar-refractivity contribution in [2.75, 3.05) is 0 Å². The monoisotopic (exact) mass is 252 g/mol. The third kappa shape index (κ3) is 5.76. The Morgan fingerprint density at radius 1 is 0.733 bits per heavy atom. The second-order valence-corrected chi connectivity index (χ2v) is 7.41. The van der Waals surface area contributed by atoms with Crippen LogP contribution in [-0.4, -0.2) is 13.7 Å². The van der Waals surface area contributed by atoms with Gasteiger partial charge >= 0.3 is 0 Å². The van der Waals surface area contributed by atoms with E-state index in [0.29, 0.717) is 0 Å². The summed E-state index contributed by atoms with van der Waals surface area (Å²) in [6.45, 7) is 0. The first-order valence-corrected chi connectivity index (χ1v) is 8.41. The SMILES string of the molecule is O=S(=O)(Cl)C1CCCCCCCCCC1. The molecule has 0 aromatic rings. The van der Waals surface area contributed by atoms with Gasteiger partial charge in [0.15, 0.2) is 0 Å². The van der Waals surface area contributed by atoms with Crippen LogP contribution in [0.1, 0.15) is 64.2 Å². The molecule has 0 saturated heterocycles. The zero-order valence-electron chi connectivity index (χ0n) is 9.25. The van der Waals surface area contributed by atoms with Crippen molar-refractivity contribution in [2.45, 2.75) is 69.5 Å². The molecule has 1 aliphatic carbocycles. The first-order valence-electron chi connectivity index (χ1n) is 6.04. The Morgan fingerprint density at radius 2 is 1.07 bits per heavy atom. The van der Waals surface area contributed by atoms with Crippen LogP contribution < -0.4 is 0 Å². The minimum atomic E-state index is -3.33. The first kappa shape index (κ1) is 13.3. The fraction of sp³-hybridized carbons (Fsp3) is 1.00. The molecule has 15 heavy (non-hydrogen) atoms. The number of hydrogen-bond donors (Lipinski definition) is 0. The van der Waals surface area contributed by atoms with Crippen LogP contribution in [0.5, 0.6) is 0 Å². The molecule has 0 atom stereocenters. The van der Waals surface area contributed by atoms with Crippen molar-refractivity contribution in [1.29, 1.82) is 0 Å². The molecule has 0 unspecified atom stereocenters. The van der Waals surface area contributed by atoms with Crippen molar-refractivity contribution < 1.29 is 8.42 Å². The van der Waals surface area contributed by atoms with Gasteiger partial charge in [0, 0.05) is 10.7 Å². The summed E-state index contributed by atoms with van der Waals surface area (Å²) in [5.74, 6) is 0. The molecule has 0 aliphatic heterocycles. The van der Waals surface area contributed by atoms with Gasteiger partial charge in [-0.15, -0.1) is 0 Å². The maximum Gasteiger partial charge on any atom is 0.235 e. The van der Waals surface area contributed by atoms with Gasteiger partial charge in [0.25, 0.3) is 0 Å². The van der Waals surface area contributed by atoms with Crippen molar-refractivity contribution in [2.24, 2.45) is 0 Å². The molecule has 4 heteroatoms. The summed E-state index contributed by atoms with van der Waals surface area (Å²) < 4.78 is 22.6. The molecule has 1 fully saturated rings. The zero-order chi connectivity index (χ0) is 11.1. The van der Waals surface area contributed by atoms with Crippen LogP contribution in [0.2, 0.25) is 0 Å². The average molecular weight is 253 g/mol. The van der Waals surface area contributed by atoms with Gasteiger partial charge in [-0.1, -0.05) is 51.4 Å². The molecule has 1 saturated carbocycles. The van der Waals surface area contributed by atoms with Crippen molar-refractivity contribution >= 4 is 19.7 Å². The molecule has 0 spiro atoms. The van der Waals surface area contributed by atoms with E-state index in [1.54, 1.807) is 0 Å². The van der Waals surface area contributed by atoms with E-state index < -0.39 is 9.05 Å². The Kier molecular flexibility index (Phi) is 5.98. The quantitative estimate of drug-likeness (QED) is 0.665. The summed E-state index contributed by atoms with van der Waals surface area (Å²) in [5.41, 5.74) is 0. The zero-order valence-corrected chi connectivity index (χ0v) is 10.8. The molecule has 2 nitrogen and oxygen atoms in total. The van der Waals surface area contributed by atoms with Crippen molar-refractivity contribution in [3.8, 4) is 0 Å². The topological polar surface area (TPSA) is 34.1 Å². The summed E-state index contributed by atoms with van der Waals surface area (Å²) in [5, 5.41) is -0.294. The lowest BCUT2D eigenvalue weighted by Crippen LogP contribution is -2.16. The molecule has 1 rings (SSSR count). The van der Waals surface area contributed by atoms with Crippen LogP contribution in [-0.2, 0) is 9.05 Å². The average Bonchev–Trinajstić information content (AvgIpc) is 2.20. The maximum atomic E-state index is 11.3. The fourth-order valence-electron chi connectivity index (χ4n) is 2.23. The molecule has 0 aromatic carbocycles. The summed E-state index contributed by atoms with van der Waals surface area (Å²) in [6.07, 6.45) is 10.9. The second kappa shape index (κ2) is 6.74. The molecule has 0 bridgehead atoms. The highest BCUT2D eigenvalue weighted by atomic mass is 35.7. The number of rotatable bonds is 1. The molecule has 0 heterocycles. The van der Waals surface area contributed by atoms with Gasteiger partial charge in [0.05, 0.1) is 5.25 Å². The van der Waals surface area contributed by atoms with E-state index in [0.717, 1.165) is 38.5 Å². The van der Waals surface area contributed by atoms with E-state index in [1.165, 1.54) is 25.7 Å². The van der Waals surface area contributed by atoms with Gasteiger partial charge in [0.2, 0.25) is 9.05 Å². The van der Waals surface area contributed by atoms with Crippen molar-refractivity contribution in [3.63, 3.8) is 0 Å². The second-order valence-electron chi connectivity index (χ2n) is 4.50. The highest BCUT2D eigenvalue weighted by Gasteiger charge is 2.22. The van der Waals surface area contributed by atoms with Crippen molar-refractivity contribution in [3.05, 3.63) is 0 Å². The Hall–Kier alpha value is 0.240. The molecular weight excluding hydrogens is 232 g/mol. The van der Waals surface area contributed by atoms with E-state index in [9.17, 15) is 8.42 Å². The van der Waals surface area contributed by atoms with E-state index in [-0.39, 0.29) is 5.25 Å². The molecule has 90 valence electrons. The van der Waals surface area contributed by atoms with Crippen LogP contribution in [0.3, 0.4) is 0 Å². The standard InChI is InChI=1S/C11H21ClO2S/c12-15(13,14)11-9-7-5-3-1-2-4-6-8-10-11/h11H,1-10H2. The highest BCUT2D eigenvalue weighted by Crippen LogP contribution is 2.23. The Morgan fingerprint density at radius 3 is 1.40 bits per heavy atom. The Labute approximate surface area is 97.8 Å². The van der Waals surface area contributed by atoms with E-state index in [4.69, 9.17) is 10.7 Å². The third-order valence-corrected chi connectivity index (χ3v) is 5.22. The van der Waals surface area contributed by atoms with Crippen molar-refractivity contribution in [1.82, 2.24) is 0 Å². The predicted octanol–water partition coefficient (Wildman–Crippen LogP) is 3.84.